The molecule has 1 fully saturated rings. The molecule has 1 aliphatic rings. The van der Waals surface area contributed by atoms with Crippen LogP contribution in [0.3, 0.4) is 0 Å². The highest BCUT2D eigenvalue weighted by Gasteiger charge is 2.29. The number of hydrogen-bond acceptors (Lipinski definition) is 3. The van der Waals surface area contributed by atoms with Crippen molar-refractivity contribution < 1.29 is 5.11 Å². The zero-order valence-corrected chi connectivity index (χ0v) is 10.5. The fourth-order valence-corrected chi connectivity index (χ4v) is 2.48. The van der Waals surface area contributed by atoms with Crippen molar-refractivity contribution in [1.82, 2.24) is 10.6 Å². The first kappa shape index (κ1) is 12.9. The second kappa shape index (κ2) is 5.83. The first-order chi connectivity index (χ1) is 7.06. The van der Waals surface area contributed by atoms with E-state index in [2.05, 4.69) is 31.4 Å². The van der Waals surface area contributed by atoms with E-state index in [4.69, 9.17) is 0 Å². The van der Waals surface area contributed by atoms with Gasteiger partial charge in [0.2, 0.25) is 0 Å². The van der Waals surface area contributed by atoms with Crippen LogP contribution >= 0.6 is 0 Å². The molecule has 5 unspecified atom stereocenters. The lowest BCUT2D eigenvalue weighted by atomic mass is 9.81. The number of aliphatic hydroxyl groups excluding tert-OH is 1. The van der Waals surface area contributed by atoms with Gasteiger partial charge in [0.25, 0.3) is 0 Å². The molecule has 0 aromatic rings. The van der Waals surface area contributed by atoms with Gasteiger partial charge in [-0.1, -0.05) is 20.3 Å². The van der Waals surface area contributed by atoms with Crippen LogP contribution in [-0.4, -0.2) is 36.4 Å². The molecule has 3 heteroatoms. The third-order valence-corrected chi connectivity index (χ3v) is 3.80. The van der Waals surface area contributed by atoms with Gasteiger partial charge in [0.05, 0.1) is 6.10 Å². The Morgan fingerprint density at radius 1 is 1.27 bits per heavy atom. The summed E-state index contributed by atoms with van der Waals surface area (Å²) in [6, 6.07) is 1.08. The zero-order valence-electron chi connectivity index (χ0n) is 10.5. The van der Waals surface area contributed by atoms with Crippen molar-refractivity contribution in [2.45, 2.75) is 52.3 Å². The molecular weight excluding hydrogens is 188 g/mol. The van der Waals surface area contributed by atoms with Crippen LogP contribution in [0.2, 0.25) is 0 Å². The lowest BCUT2D eigenvalue weighted by Gasteiger charge is -2.38. The third kappa shape index (κ3) is 3.44. The monoisotopic (exact) mass is 214 g/mol. The Morgan fingerprint density at radius 3 is 2.33 bits per heavy atom. The summed E-state index contributed by atoms with van der Waals surface area (Å²) in [6.07, 6.45) is 0.913. The van der Waals surface area contributed by atoms with E-state index in [1.54, 1.807) is 0 Å². The Labute approximate surface area is 93.6 Å². The van der Waals surface area contributed by atoms with Crippen LogP contribution in [0.4, 0.5) is 0 Å². The minimum atomic E-state index is -0.212. The second-order valence-corrected chi connectivity index (χ2v) is 5.00. The van der Waals surface area contributed by atoms with Crippen LogP contribution in [0, 0.1) is 11.8 Å². The normalized spacial score (nSPS) is 33.4. The van der Waals surface area contributed by atoms with Crippen molar-refractivity contribution in [3.63, 3.8) is 0 Å². The maximum Gasteiger partial charge on any atom is 0.0540 e. The van der Waals surface area contributed by atoms with Crippen molar-refractivity contribution in [3.05, 3.63) is 0 Å². The minimum Gasteiger partial charge on any atom is -0.393 e. The molecule has 0 aromatic carbocycles. The largest absolute Gasteiger partial charge is 0.393 e. The summed E-state index contributed by atoms with van der Waals surface area (Å²) < 4.78 is 0. The molecule has 1 rings (SSSR count). The molecule has 0 spiro atoms. The van der Waals surface area contributed by atoms with E-state index in [9.17, 15) is 5.11 Å². The Balaban J connectivity index is 2.51. The molecule has 0 bridgehead atoms. The van der Waals surface area contributed by atoms with Gasteiger partial charge in [0.1, 0.15) is 0 Å². The minimum absolute atomic E-state index is 0.212. The van der Waals surface area contributed by atoms with Gasteiger partial charge >= 0.3 is 0 Å². The molecule has 5 atom stereocenters. The van der Waals surface area contributed by atoms with E-state index in [0.717, 1.165) is 19.5 Å². The molecule has 15 heavy (non-hydrogen) atoms. The molecule has 3 nitrogen and oxygen atoms in total. The molecule has 0 radical (unpaired) electrons. The fourth-order valence-electron chi connectivity index (χ4n) is 2.48. The first-order valence-corrected chi connectivity index (χ1v) is 6.21. The van der Waals surface area contributed by atoms with Gasteiger partial charge < -0.3 is 15.7 Å². The van der Waals surface area contributed by atoms with E-state index in [0.29, 0.717) is 23.9 Å². The highest BCUT2D eigenvalue weighted by Crippen LogP contribution is 2.23. The van der Waals surface area contributed by atoms with Crippen molar-refractivity contribution >= 4 is 0 Å². The van der Waals surface area contributed by atoms with Gasteiger partial charge in [-0.25, -0.2) is 0 Å². The van der Waals surface area contributed by atoms with E-state index in [1.165, 1.54) is 0 Å². The molecule has 0 aliphatic carbocycles. The highest BCUT2D eigenvalue weighted by atomic mass is 16.3. The average molecular weight is 214 g/mol. The molecule has 1 heterocycles. The smallest absolute Gasteiger partial charge is 0.0540 e. The van der Waals surface area contributed by atoms with Gasteiger partial charge in [-0.2, -0.15) is 0 Å². The van der Waals surface area contributed by atoms with Gasteiger partial charge in [-0.15, -0.1) is 0 Å². The van der Waals surface area contributed by atoms with E-state index in [1.807, 2.05) is 6.92 Å². The molecule has 1 saturated heterocycles. The maximum absolute atomic E-state index is 9.66. The van der Waals surface area contributed by atoms with E-state index >= 15 is 0 Å². The van der Waals surface area contributed by atoms with Crippen LogP contribution in [0.1, 0.15) is 34.1 Å². The van der Waals surface area contributed by atoms with Crippen LogP contribution in [0.15, 0.2) is 0 Å². The predicted octanol–water partition coefficient (Wildman–Crippen LogP) is 0.979. The molecule has 90 valence electrons. The highest BCUT2D eigenvalue weighted by molar-refractivity contribution is 4.88. The summed E-state index contributed by atoms with van der Waals surface area (Å²) in [4.78, 5) is 0. The summed E-state index contributed by atoms with van der Waals surface area (Å²) in [5.74, 6) is 0.924. The summed E-state index contributed by atoms with van der Waals surface area (Å²) in [5, 5.41) is 16.7. The first-order valence-electron chi connectivity index (χ1n) is 6.21. The molecule has 3 N–H and O–H groups in total. The van der Waals surface area contributed by atoms with Crippen LogP contribution in [0.5, 0.6) is 0 Å². The number of piperazine rings is 1. The fraction of sp³-hybridized carbons (Fsp3) is 1.00. The van der Waals surface area contributed by atoms with Crippen molar-refractivity contribution in [1.29, 1.82) is 0 Å². The molecule has 0 aromatic heterocycles. The topological polar surface area (TPSA) is 44.3 Å². The number of aliphatic hydroxyl groups is 1. The predicted molar refractivity (Wildman–Crippen MR) is 63.9 cm³/mol. The van der Waals surface area contributed by atoms with E-state index in [-0.39, 0.29) is 6.10 Å². The standard InChI is InChI=1S/C12H26N2O/c1-5-11(9(3)10(4)15)12-7-13-8(2)6-14-12/h8-15H,5-7H2,1-4H3. The molecule has 0 amide bonds. The molecule has 0 saturated carbocycles. The van der Waals surface area contributed by atoms with Crippen molar-refractivity contribution in [3.8, 4) is 0 Å². The van der Waals surface area contributed by atoms with Crippen molar-refractivity contribution in [2.75, 3.05) is 13.1 Å². The van der Waals surface area contributed by atoms with Crippen molar-refractivity contribution in [2.24, 2.45) is 11.8 Å². The molecular formula is C12H26N2O. The quantitative estimate of drug-likeness (QED) is 0.653. The van der Waals surface area contributed by atoms with Gasteiger partial charge in [0, 0.05) is 25.2 Å². The Kier molecular flexibility index (Phi) is 5.03. The summed E-state index contributed by atoms with van der Waals surface area (Å²) in [7, 11) is 0. The number of rotatable bonds is 4. The number of hydrogen-bond donors (Lipinski definition) is 3. The SMILES string of the molecule is CCC(C1CNC(C)CN1)C(C)C(C)O. The van der Waals surface area contributed by atoms with Crippen LogP contribution in [0.25, 0.3) is 0 Å². The summed E-state index contributed by atoms with van der Waals surface area (Å²) in [6.45, 7) is 10.5. The van der Waals surface area contributed by atoms with Gasteiger partial charge in [0.15, 0.2) is 0 Å². The third-order valence-electron chi connectivity index (χ3n) is 3.80. The maximum atomic E-state index is 9.66. The zero-order chi connectivity index (χ0) is 11.4. The molecule has 1 aliphatic heterocycles. The summed E-state index contributed by atoms with van der Waals surface area (Å²) in [5.41, 5.74) is 0. The average Bonchev–Trinajstić information content (AvgIpc) is 2.21. The van der Waals surface area contributed by atoms with E-state index < -0.39 is 0 Å². The Bertz CT molecular complexity index is 176. The second-order valence-electron chi connectivity index (χ2n) is 5.00. The number of nitrogens with one attached hydrogen (secondary N) is 2. The van der Waals surface area contributed by atoms with Crippen LogP contribution in [-0.2, 0) is 0 Å². The Morgan fingerprint density at radius 2 is 1.93 bits per heavy atom. The Hall–Kier alpha value is -0.120. The summed E-state index contributed by atoms with van der Waals surface area (Å²) >= 11 is 0. The van der Waals surface area contributed by atoms with Gasteiger partial charge in [-0.05, 0) is 25.7 Å². The van der Waals surface area contributed by atoms with Crippen LogP contribution < -0.4 is 10.6 Å². The lowest BCUT2D eigenvalue weighted by molar-refractivity contribution is 0.0758. The van der Waals surface area contributed by atoms with Gasteiger partial charge in [-0.3, -0.25) is 0 Å². The lowest BCUT2D eigenvalue weighted by Crippen LogP contribution is -2.57.